The molecule has 0 amide bonds. The minimum absolute atomic E-state index is 0.0407. The predicted octanol–water partition coefficient (Wildman–Crippen LogP) is 2.13. The Morgan fingerprint density at radius 1 is 1.25 bits per heavy atom. The van der Waals surface area contributed by atoms with Crippen molar-refractivity contribution in [3.63, 3.8) is 0 Å². The molecule has 7 nitrogen and oxygen atoms in total. The molecule has 28 heavy (non-hydrogen) atoms. The highest BCUT2D eigenvalue weighted by atomic mass is 16.6. The number of cyclic esters (lactones) is 1. The molecule has 1 aromatic carbocycles. The maximum absolute atomic E-state index is 12.7. The number of aliphatic hydroxyl groups excluding tert-OH is 1. The molecule has 0 radical (unpaired) electrons. The first-order chi connectivity index (χ1) is 13.6. The lowest BCUT2D eigenvalue weighted by molar-refractivity contribution is -0.141. The predicted molar refractivity (Wildman–Crippen MR) is 103 cm³/mol. The standard InChI is InChI=1S/C21H24N2O5/c24-17(12-14-13-22-16-5-2-1-4-15(14)16)19-20(25)18(28-21(19)26)6-3-7-23-8-10-27-11-9-23/h1-2,4-5,13,18,22,25H,3,6-12H2. The number of rotatable bonds is 7. The van der Waals surface area contributed by atoms with Gasteiger partial charge in [0.25, 0.3) is 0 Å². The molecule has 3 heterocycles. The average molecular weight is 384 g/mol. The van der Waals surface area contributed by atoms with Crippen LogP contribution in [0.1, 0.15) is 18.4 Å². The highest BCUT2D eigenvalue weighted by molar-refractivity contribution is 6.20. The van der Waals surface area contributed by atoms with E-state index in [1.807, 2.05) is 24.3 Å². The molecule has 1 fully saturated rings. The van der Waals surface area contributed by atoms with E-state index in [1.165, 1.54) is 0 Å². The van der Waals surface area contributed by atoms with Crippen molar-refractivity contribution in [2.45, 2.75) is 25.4 Å². The zero-order valence-corrected chi connectivity index (χ0v) is 15.6. The van der Waals surface area contributed by atoms with Crippen molar-refractivity contribution >= 4 is 22.7 Å². The van der Waals surface area contributed by atoms with Gasteiger partial charge in [-0.25, -0.2) is 4.79 Å². The van der Waals surface area contributed by atoms with Gasteiger partial charge in [0.2, 0.25) is 0 Å². The third kappa shape index (κ3) is 3.81. The van der Waals surface area contributed by atoms with Gasteiger partial charge in [0.05, 0.1) is 13.2 Å². The van der Waals surface area contributed by atoms with E-state index in [9.17, 15) is 14.7 Å². The molecular weight excluding hydrogens is 360 g/mol. The number of morpholine rings is 1. The van der Waals surface area contributed by atoms with E-state index >= 15 is 0 Å². The largest absolute Gasteiger partial charge is 0.507 e. The number of hydrogen-bond donors (Lipinski definition) is 2. The smallest absolute Gasteiger partial charge is 0.346 e. The second kappa shape index (κ2) is 8.16. The monoisotopic (exact) mass is 384 g/mol. The van der Waals surface area contributed by atoms with Crippen LogP contribution in [-0.4, -0.2) is 65.7 Å². The fourth-order valence-electron chi connectivity index (χ4n) is 3.83. The van der Waals surface area contributed by atoms with Crippen molar-refractivity contribution < 1.29 is 24.2 Å². The minimum Gasteiger partial charge on any atom is -0.507 e. The molecule has 1 atom stereocenters. The number of nitrogens with one attached hydrogen (secondary N) is 1. The molecule has 2 aliphatic heterocycles. The maximum atomic E-state index is 12.7. The van der Waals surface area contributed by atoms with Crippen molar-refractivity contribution in [1.29, 1.82) is 0 Å². The Balaban J connectivity index is 1.39. The molecule has 2 aliphatic rings. The SMILES string of the molecule is O=C(Cc1c[nH]c2ccccc12)C1=C(O)C(CCCN2CCOCC2)OC1=O. The fraction of sp³-hybridized carbons (Fsp3) is 0.429. The number of aromatic amines is 1. The molecule has 1 unspecified atom stereocenters. The molecule has 0 spiro atoms. The first kappa shape index (κ1) is 18.7. The number of Topliss-reactive ketones (excluding diaryl/α,β-unsaturated/α-hetero) is 1. The van der Waals surface area contributed by atoms with Gasteiger partial charge in [-0.3, -0.25) is 9.69 Å². The highest BCUT2D eigenvalue weighted by Crippen LogP contribution is 2.27. The van der Waals surface area contributed by atoms with E-state index in [2.05, 4.69) is 9.88 Å². The summed E-state index contributed by atoms with van der Waals surface area (Å²) in [5.74, 6) is -1.36. The number of esters is 1. The molecule has 1 aromatic heterocycles. The summed E-state index contributed by atoms with van der Waals surface area (Å²) in [4.78, 5) is 30.3. The Morgan fingerprint density at radius 2 is 2.04 bits per heavy atom. The van der Waals surface area contributed by atoms with Crippen LogP contribution in [-0.2, 0) is 25.5 Å². The van der Waals surface area contributed by atoms with E-state index in [4.69, 9.17) is 9.47 Å². The summed E-state index contributed by atoms with van der Waals surface area (Å²) >= 11 is 0. The number of aliphatic hydroxyl groups is 1. The number of nitrogens with zero attached hydrogens (tertiary/aromatic N) is 1. The fourth-order valence-corrected chi connectivity index (χ4v) is 3.83. The van der Waals surface area contributed by atoms with Gasteiger partial charge in [0.1, 0.15) is 5.57 Å². The van der Waals surface area contributed by atoms with Crippen LogP contribution >= 0.6 is 0 Å². The Hall–Kier alpha value is -2.64. The van der Waals surface area contributed by atoms with Crippen LogP contribution in [0, 0.1) is 0 Å². The topological polar surface area (TPSA) is 91.9 Å². The van der Waals surface area contributed by atoms with Crippen molar-refractivity contribution in [3.8, 4) is 0 Å². The van der Waals surface area contributed by atoms with Crippen LogP contribution in [0.15, 0.2) is 41.8 Å². The second-order valence-electron chi connectivity index (χ2n) is 7.21. The van der Waals surface area contributed by atoms with Crippen LogP contribution in [0.3, 0.4) is 0 Å². The first-order valence-electron chi connectivity index (χ1n) is 9.66. The van der Waals surface area contributed by atoms with E-state index in [-0.39, 0.29) is 17.8 Å². The number of carbonyl (C=O) groups is 2. The number of hydrogen-bond acceptors (Lipinski definition) is 6. The number of para-hydroxylation sites is 1. The van der Waals surface area contributed by atoms with Crippen LogP contribution in [0.4, 0.5) is 0 Å². The van der Waals surface area contributed by atoms with Crippen molar-refractivity contribution in [3.05, 3.63) is 47.4 Å². The summed E-state index contributed by atoms with van der Waals surface area (Å²) in [5.41, 5.74) is 1.52. The van der Waals surface area contributed by atoms with Gasteiger partial charge in [-0.2, -0.15) is 0 Å². The number of H-pyrrole nitrogens is 1. The van der Waals surface area contributed by atoms with Gasteiger partial charge in [-0.15, -0.1) is 0 Å². The molecule has 2 aromatic rings. The number of aromatic nitrogens is 1. The van der Waals surface area contributed by atoms with Crippen LogP contribution in [0.25, 0.3) is 10.9 Å². The first-order valence-corrected chi connectivity index (χ1v) is 9.66. The molecule has 2 N–H and O–H groups in total. The summed E-state index contributed by atoms with van der Waals surface area (Å²) in [6.45, 7) is 4.09. The number of benzene rings is 1. The highest BCUT2D eigenvalue weighted by Gasteiger charge is 2.38. The molecule has 148 valence electrons. The lowest BCUT2D eigenvalue weighted by atomic mass is 10.0. The van der Waals surface area contributed by atoms with Gasteiger partial charge in [0.15, 0.2) is 17.6 Å². The molecule has 4 rings (SSSR count). The van der Waals surface area contributed by atoms with Crippen LogP contribution in [0.2, 0.25) is 0 Å². The Bertz CT molecular complexity index is 910. The van der Waals surface area contributed by atoms with Crippen molar-refractivity contribution in [2.24, 2.45) is 0 Å². The zero-order valence-electron chi connectivity index (χ0n) is 15.6. The third-order valence-corrected chi connectivity index (χ3v) is 5.36. The Kier molecular flexibility index (Phi) is 5.45. The lowest BCUT2D eigenvalue weighted by Gasteiger charge is -2.26. The summed E-state index contributed by atoms with van der Waals surface area (Å²) in [5, 5.41) is 11.4. The maximum Gasteiger partial charge on any atom is 0.346 e. The van der Waals surface area contributed by atoms with E-state index in [0.29, 0.717) is 6.42 Å². The van der Waals surface area contributed by atoms with Gasteiger partial charge >= 0.3 is 5.97 Å². The lowest BCUT2D eigenvalue weighted by Crippen LogP contribution is -2.37. The van der Waals surface area contributed by atoms with Crippen molar-refractivity contribution in [2.75, 3.05) is 32.8 Å². The summed E-state index contributed by atoms with van der Waals surface area (Å²) < 4.78 is 10.6. The number of carbonyl (C=O) groups excluding carboxylic acids is 2. The quantitative estimate of drug-likeness (QED) is 0.561. The van der Waals surface area contributed by atoms with Gasteiger partial charge in [-0.05, 0) is 31.0 Å². The normalized spacial score (nSPS) is 20.7. The Morgan fingerprint density at radius 3 is 2.86 bits per heavy atom. The average Bonchev–Trinajstić information content (AvgIpc) is 3.23. The van der Waals surface area contributed by atoms with E-state index in [1.54, 1.807) is 6.20 Å². The third-order valence-electron chi connectivity index (χ3n) is 5.36. The summed E-state index contributed by atoms with van der Waals surface area (Å²) in [7, 11) is 0. The summed E-state index contributed by atoms with van der Waals surface area (Å²) in [6.07, 6.45) is 2.35. The van der Waals surface area contributed by atoms with Gasteiger partial charge in [-0.1, -0.05) is 18.2 Å². The molecule has 0 bridgehead atoms. The molecule has 7 heteroatoms. The zero-order chi connectivity index (χ0) is 19.5. The van der Waals surface area contributed by atoms with Crippen molar-refractivity contribution in [1.82, 2.24) is 9.88 Å². The molecule has 1 saturated heterocycles. The van der Waals surface area contributed by atoms with Crippen LogP contribution < -0.4 is 0 Å². The van der Waals surface area contributed by atoms with Gasteiger partial charge in [0, 0.05) is 36.6 Å². The molecule has 0 aliphatic carbocycles. The Labute approximate surface area is 162 Å². The number of ether oxygens (including phenoxy) is 2. The van der Waals surface area contributed by atoms with Crippen LogP contribution in [0.5, 0.6) is 0 Å². The number of fused-ring (bicyclic) bond motifs is 1. The number of ketones is 1. The van der Waals surface area contributed by atoms with E-state index < -0.39 is 17.9 Å². The minimum atomic E-state index is -0.726. The molecular formula is C21H24N2O5. The second-order valence-corrected chi connectivity index (χ2v) is 7.21. The van der Waals surface area contributed by atoms with Gasteiger partial charge < -0.3 is 19.6 Å². The van der Waals surface area contributed by atoms with E-state index in [0.717, 1.165) is 55.7 Å². The molecule has 0 saturated carbocycles. The summed E-state index contributed by atoms with van der Waals surface area (Å²) in [6, 6.07) is 7.66.